The molecule has 10 heteroatoms. The average Bonchev–Trinajstić information content (AvgIpc) is 2.74. The van der Waals surface area contributed by atoms with Crippen molar-refractivity contribution in [2.75, 3.05) is 6.61 Å². The van der Waals surface area contributed by atoms with Crippen molar-refractivity contribution in [2.45, 2.75) is 12.2 Å². The van der Waals surface area contributed by atoms with E-state index in [9.17, 15) is 19.8 Å². The third kappa shape index (κ3) is 4.66. The van der Waals surface area contributed by atoms with Crippen LogP contribution in [0.5, 0.6) is 0 Å². The number of aromatic amines is 1. The van der Waals surface area contributed by atoms with E-state index in [-0.39, 0.29) is 5.69 Å². The molecule has 0 saturated carbocycles. The average molecular weight is 417 g/mol. The van der Waals surface area contributed by atoms with Gasteiger partial charge in [-0.15, -0.1) is 0 Å². The zero-order chi connectivity index (χ0) is 21.0. The minimum absolute atomic E-state index is 0.292. The molecule has 0 radical (unpaired) electrons. The fraction of sp³-hybridized carbons (Fsp3) is 0.158. The molecule has 2 unspecified atom stereocenters. The zero-order valence-electron chi connectivity index (χ0n) is 14.9. The minimum Gasteiger partial charge on any atom is -0.394 e. The molecule has 0 spiro atoms. The number of hydrazone groups is 1. The number of hydrogen-bond donors (Lipinski definition) is 5. The number of aliphatic hydroxyl groups excluding tert-OH is 3. The van der Waals surface area contributed by atoms with Crippen molar-refractivity contribution in [3.8, 4) is 0 Å². The van der Waals surface area contributed by atoms with Crippen LogP contribution in [0.2, 0.25) is 5.02 Å². The molecule has 2 atom stereocenters. The number of carbonyl (C=O) groups is 1. The van der Waals surface area contributed by atoms with Crippen molar-refractivity contribution in [3.63, 3.8) is 0 Å². The van der Waals surface area contributed by atoms with Crippen molar-refractivity contribution in [1.82, 2.24) is 15.4 Å². The number of benzene rings is 2. The quantitative estimate of drug-likeness (QED) is 0.290. The van der Waals surface area contributed by atoms with E-state index in [1.807, 2.05) is 0 Å². The number of carbonyl (C=O) groups excluding carboxylic acids is 1. The van der Waals surface area contributed by atoms with E-state index in [0.717, 1.165) is 0 Å². The summed E-state index contributed by atoms with van der Waals surface area (Å²) in [6.07, 6.45) is -3.44. The highest BCUT2D eigenvalue weighted by Gasteiger charge is 2.27. The summed E-state index contributed by atoms with van der Waals surface area (Å²) in [6.45, 7) is -0.801. The SMILES string of the molecule is O=C(NN=C(c1nc2cc(Cl)ccc2[nH]c1=O)C(O)C(O)CO)c1ccccc1. The van der Waals surface area contributed by atoms with Crippen molar-refractivity contribution in [1.29, 1.82) is 0 Å². The Morgan fingerprint density at radius 2 is 1.93 bits per heavy atom. The maximum absolute atomic E-state index is 12.5. The van der Waals surface area contributed by atoms with Crippen LogP contribution in [0.4, 0.5) is 0 Å². The lowest BCUT2D eigenvalue weighted by molar-refractivity contribution is 0.0183. The maximum Gasteiger partial charge on any atom is 0.276 e. The Kier molecular flexibility index (Phi) is 6.35. The summed E-state index contributed by atoms with van der Waals surface area (Å²) in [5, 5.41) is 33.5. The third-order valence-corrected chi connectivity index (χ3v) is 4.28. The van der Waals surface area contributed by atoms with Gasteiger partial charge in [0.25, 0.3) is 11.5 Å². The summed E-state index contributed by atoms with van der Waals surface area (Å²) in [4.78, 5) is 31.5. The topological polar surface area (TPSA) is 148 Å². The molecule has 0 bridgehead atoms. The number of aromatic nitrogens is 2. The van der Waals surface area contributed by atoms with Gasteiger partial charge in [-0.2, -0.15) is 5.10 Å². The minimum atomic E-state index is -1.79. The van der Waals surface area contributed by atoms with Gasteiger partial charge in [-0.05, 0) is 30.3 Å². The second-order valence-corrected chi connectivity index (χ2v) is 6.51. The molecule has 0 aliphatic carbocycles. The van der Waals surface area contributed by atoms with E-state index < -0.39 is 36.0 Å². The monoisotopic (exact) mass is 416 g/mol. The van der Waals surface area contributed by atoms with Crippen molar-refractivity contribution in [3.05, 3.63) is 75.2 Å². The van der Waals surface area contributed by atoms with E-state index in [1.54, 1.807) is 42.5 Å². The molecule has 2 aromatic carbocycles. The smallest absolute Gasteiger partial charge is 0.276 e. The van der Waals surface area contributed by atoms with Crippen LogP contribution in [0, 0.1) is 0 Å². The highest BCUT2D eigenvalue weighted by Crippen LogP contribution is 2.15. The molecule has 1 amide bonds. The van der Waals surface area contributed by atoms with Gasteiger partial charge in [0, 0.05) is 10.6 Å². The van der Waals surface area contributed by atoms with Gasteiger partial charge in [-0.1, -0.05) is 29.8 Å². The van der Waals surface area contributed by atoms with Gasteiger partial charge in [0.05, 0.1) is 17.6 Å². The second-order valence-electron chi connectivity index (χ2n) is 6.07. The van der Waals surface area contributed by atoms with Gasteiger partial charge in [0.2, 0.25) is 0 Å². The van der Waals surface area contributed by atoms with Crippen LogP contribution in [-0.2, 0) is 0 Å². The molecular weight excluding hydrogens is 400 g/mol. The van der Waals surface area contributed by atoms with Crippen LogP contribution < -0.4 is 11.0 Å². The number of hydrogen-bond acceptors (Lipinski definition) is 7. The zero-order valence-corrected chi connectivity index (χ0v) is 15.7. The Balaban J connectivity index is 2.06. The number of rotatable bonds is 6. The number of nitrogens with zero attached hydrogens (tertiary/aromatic N) is 2. The third-order valence-electron chi connectivity index (χ3n) is 4.04. The Morgan fingerprint density at radius 3 is 2.62 bits per heavy atom. The number of fused-ring (bicyclic) bond motifs is 1. The first kappa shape index (κ1) is 20.6. The Bertz CT molecular complexity index is 1120. The molecule has 3 rings (SSSR count). The molecule has 0 saturated heterocycles. The van der Waals surface area contributed by atoms with Crippen LogP contribution in [0.15, 0.2) is 58.4 Å². The largest absolute Gasteiger partial charge is 0.394 e. The van der Waals surface area contributed by atoms with Crippen molar-refractivity contribution >= 4 is 34.3 Å². The molecule has 0 fully saturated rings. The fourth-order valence-electron chi connectivity index (χ4n) is 2.54. The van der Waals surface area contributed by atoms with Gasteiger partial charge in [-0.3, -0.25) is 9.59 Å². The molecule has 5 N–H and O–H groups in total. The van der Waals surface area contributed by atoms with Crippen LogP contribution in [-0.4, -0.2) is 55.7 Å². The Hall–Kier alpha value is -3.11. The van der Waals surface area contributed by atoms with E-state index in [0.29, 0.717) is 21.6 Å². The lowest BCUT2D eigenvalue weighted by atomic mass is 10.1. The van der Waals surface area contributed by atoms with Crippen molar-refractivity contribution in [2.24, 2.45) is 5.10 Å². The summed E-state index contributed by atoms with van der Waals surface area (Å²) in [5.41, 5.74) is 1.75. The Labute approximate surface area is 169 Å². The summed E-state index contributed by atoms with van der Waals surface area (Å²) in [5.74, 6) is -0.603. The van der Waals surface area contributed by atoms with Crippen LogP contribution in [0.25, 0.3) is 11.0 Å². The number of H-pyrrole nitrogens is 1. The Morgan fingerprint density at radius 1 is 1.21 bits per heavy atom. The predicted molar refractivity (Wildman–Crippen MR) is 107 cm³/mol. The summed E-state index contributed by atoms with van der Waals surface area (Å²) in [7, 11) is 0. The molecule has 0 aliphatic heterocycles. The van der Waals surface area contributed by atoms with Crippen LogP contribution in [0.1, 0.15) is 16.1 Å². The van der Waals surface area contributed by atoms with Gasteiger partial charge >= 0.3 is 0 Å². The number of nitrogens with one attached hydrogen (secondary N) is 2. The predicted octanol–water partition coefficient (Wildman–Crippen LogP) is 0.425. The lowest BCUT2D eigenvalue weighted by Gasteiger charge is -2.17. The van der Waals surface area contributed by atoms with Gasteiger partial charge in [0.1, 0.15) is 17.9 Å². The molecule has 29 heavy (non-hydrogen) atoms. The normalized spacial score (nSPS) is 13.9. The summed E-state index contributed by atoms with van der Waals surface area (Å²) < 4.78 is 0. The second kappa shape index (κ2) is 8.93. The molecular formula is C19H17ClN4O5. The van der Waals surface area contributed by atoms with E-state index in [2.05, 4.69) is 20.5 Å². The van der Waals surface area contributed by atoms with Gasteiger partial charge in [-0.25, -0.2) is 10.4 Å². The number of aliphatic hydroxyl groups is 3. The highest BCUT2D eigenvalue weighted by molar-refractivity contribution is 6.31. The summed E-state index contributed by atoms with van der Waals surface area (Å²) in [6, 6.07) is 12.8. The van der Waals surface area contributed by atoms with Crippen molar-refractivity contribution < 1.29 is 20.1 Å². The summed E-state index contributed by atoms with van der Waals surface area (Å²) >= 11 is 5.95. The lowest BCUT2D eigenvalue weighted by Crippen LogP contribution is -2.41. The first-order valence-electron chi connectivity index (χ1n) is 8.50. The molecule has 9 nitrogen and oxygen atoms in total. The highest BCUT2D eigenvalue weighted by atomic mass is 35.5. The van der Waals surface area contributed by atoms with E-state index in [4.69, 9.17) is 16.7 Å². The van der Waals surface area contributed by atoms with Crippen LogP contribution >= 0.6 is 11.6 Å². The van der Waals surface area contributed by atoms with Gasteiger partial charge in [0.15, 0.2) is 5.69 Å². The number of halogens is 1. The fourth-order valence-corrected chi connectivity index (χ4v) is 2.70. The molecule has 3 aromatic rings. The van der Waals surface area contributed by atoms with Crippen LogP contribution in [0.3, 0.4) is 0 Å². The first-order valence-corrected chi connectivity index (χ1v) is 8.88. The standard InChI is InChI=1S/C19H17ClN4O5/c20-11-6-7-12-13(8-11)21-16(19(29)22-12)15(17(27)14(26)9-25)23-24-18(28)10-4-2-1-3-5-10/h1-8,14,17,25-27H,9H2,(H,22,29)(H,24,28). The van der Waals surface area contributed by atoms with E-state index >= 15 is 0 Å². The number of amides is 1. The first-order chi connectivity index (χ1) is 13.9. The molecule has 1 aromatic heterocycles. The molecule has 150 valence electrons. The van der Waals surface area contributed by atoms with Gasteiger partial charge < -0.3 is 20.3 Å². The van der Waals surface area contributed by atoms with E-state index in [1.165, 1.54) is 6.07 Å². The maximum atomic E-state index is 12.5. The molecule has 0 aliphatic rings. The molecule has 1 heterocycles.